The van der Waals surface area contributed by atoms with E-state index in [-0.39, 0.29) is 18.3 Å². The predicted octanol–water partition coefficient (Wildman–Crippen LogP) is 2.03. The highest BCUT2D eigenvalue weighted by molar-refractivity contribution is 7.90. The molecule has 164 valence electrons. The average molecular weight is 440 g/mol. The standard InChI is InChI=1S/C20H26FN3O5S/c1-15(14-29-19-11-9-18(28-4)10-12-19)22-20(25)13-24(30(26,27)23(2)3)17-7-5-16(21)6-8-17/h5-12,15H,13-14H2,1-4H3,(H,22,25)/t15-/m0/s1. The summed E-state index contributed by atoms with van der Waals surface area (Å²) in [7, 11) is 0.324. The van der Waals surface area contributed by atoms with Crippen molar-refractivity contribution in [1.29, 1.82) is 0 Å². The molecular formula is C20H26FN3O5S. The van der Waals surface area contributed by atoms with E-state index in [4.69, 9.17) is 9.47 Å². The van der Waals surface area contributed by atoms with E-state index < -0.39 is 28.5 Å². The highest BCUT2D eigenvalue weighted by Crippen LogP contribution is 2.20. The van der Waals surface area contributed by atoms with E-state index in [9.17, 15) is 17.6 Å². The van der Waals surface area contributed by atoms with Crippen molar-refractivity contribution in [3.8, 4) is 11.5 Å². The summed E-state index contributed by atoms with van der Waals surface area (Å²) in [6, 6.07) is 11.5. The number of halogens is 1. The van der Waals surface area contributed by atoms with Crippen molar-refractivity contribution < 1.29 is 27.1 Å². The average Bonchev–Trinajstić information content (AvgIpc) is 2.71. The molecule has 30 heavy (non-hydrogen) atoms. The maximum absolute atomic E-state index is 13.2. The predicted molar refractivity (Wildman–Crippen MR) is 112 cm³/mol. The van der Waals surface area contributed by atoms with Crippen LogP contribution in [0.15, 0.2) is 48.5 Å². The Morgan fingerprint density at radius 1 is 1.07 bits per heavy atom. The van der Waals surface area contributed by atoms with Gasteiger partial charge in [-0.05, 0) is 55.5 Å². The van der Waals surface area contributed by atoms with Gasteiger partial charge in [0, 0.05) is 14.1 Å². The van der Waals surface area contributed by atoms with Crippen LogP contribution >= 0.6 is 0 Å². The first-order valence-electron chi connectivity index (χ1n) is 9.15. The summed E-state index contributed by atoms with van der Waals surface area (Å²) < 4.78 is 51.1. The first kappa shape index (κ1) is 23.4. The number of amides is 1. The Bertz CT molecular complexity index is 934. The smallest absolute Gasteiger partial charge is 0.304 e. The molecular weight excluding hydrogens is 413 g/mol. The molecule has 0 saturated carbocycles. The van der Waals surface area contributed by atoms with Gasteiger partial charge in [0.2, 0.25) is 5.91 Å². The van der Waals surface area contributed by atoms with Gasteiger partial charge in [-0.3, -0.25) is 4.79 Å². The summed E-state index contributed by atoms with van der Waals surface area (Å²) >= 11 is 0. The topological polar surface area (TPSA) is 88.2 Å². The summed E-state index contributed by atoms with van der Waals surface area (Å²) in [5.74, 6) is 0.289. The van der Waals surface area contributed by atoms with Gasteiger partial charge in [0.05, 0.1) is 18.8 Å². The molecule has 1 amide bonds. The van der Waals surface area contributed by atoms with Crippen LogP contribution in [0.3, 0.4) is 0 Å². The number of methoxy groups -OCH3 is 1. The number of carbonyl (C=O) groups excluding carboxylic acids is 1. The molecule has 0 spiro atoms. The first-order chi connectivity index (χ1) is 14.1. The molecule has 0 heterocycles. The molecule has 2 rings (SSSR count). The Hall–Kier alpha value is -2.85. The molecule has 10 heteroatoms. The monoisotopic (exact) mass is 439 g/mol. The van der Waals surface area contributed by atoms with Crippen LogP contribution in [-0.4, -0.2) is 59.0 Å². The Morgan fingerprint density at radius 2 is 1.63 bits per heavy atom. The summed E-state index contributed by atoms with van der Waals surface area (Å²) in [6.07, 6.45) is 0. The molecule has 0 radical (unpaired) electrons. The van der Waals surface area contributed by atoms with E-state index in [0.29, 0.717) is 11.5 Å². The Morgan fingerprint density at radius 3 is 2.17 bits per heavy atom. The van der Waals surface area contributed by atoms with Gasteiger partial charge in [0.1, 0.15) is 30.5 Å². The molecule has 1 N–H and O–H groups in total. The van der Waals surface area contributed by atoms with E-state index >= 15 is 0 Å². The first-order valence-corrected chi connectivity index (χ1v) is 10.5. The lowest BCUT2D eigenvalue weighted by Crippen LogP contribution is -2.48. The lowest BCUT2D eigenvalue weighted by Gasteiger charge is -2.27. The second-order valence-corrected chi connectivity index (χ2v) is 8.80. The van der Waals surface area contributed by atoms with E-state index in [1.165, 1.54) is 26.2 Å². The number of rotatable bonds is 10. The lowest BCUT2D eigenvalue weighted by atomic mass is 10.3. The molecule has 0 bridgehead atoms. The third kappa shape index (κ3) is 6.33. The van der Waals surface area contributed by atoms with E-state index in [2.05, 4.69) is 5.32 Å². The second kappa shape index (κ2) is 10.3. The molecule has 0 unspecified atom stereocenters. The fraction of sp³-hybridized carbons (Fsp3) is 0.350. The number of hydrogen-bond donors (Lipinski definition) is 1. The number of carbonyl (C=O) groups is 1. The van der Waals surface area contributed by atoms with Crippen LogP contribution < -0.4 is 19.1 Å². The summed E-state index contributed by atoms with van der Waals surface area (Å²) in [5.41, 5.74) is 0.183. The zero-order valence-electron chi connectivity index (χ0n) is 17.3. The van der Waals surface area contributed by atoms with Crippen LogP contribution in [0.5, 0.6) is 11.5 Å². The summed E-state index contributed by atoms with van der Waals surface area (Å²) in [5, 5.41) is 2.71. The van der Waals surface area contributed by atoms with Gasteiger partial charge in [-0.15, -0.1) is 0 Å². The molecule has 0 aliphatic rings. The van der Waals surface area contributed by atoms with Gasteiger partial charge in [0.25, 0.3) is 0 Å². The maximum Gasteiger partial charge on any atom is 0.304 e. The minimum atomic E-state index is -3.96. The molecule has 0 aliphatic heterocycles. The van der Waals surface area contributed by atoms with Gasteiger partial charge in [-0.1, -0.05) is 0 Å². The lowest BCUT2D eigenvalue weighted by molar-refractivity contribution is -0.120. The van der Waals surface area contributed by atoms with Crippen molar-refractivity contribution in [2.24, 2.45) is 0 Å². The normalized spacial score (nSPS) is 12.3. The SMILES string of the molecule is COc1ccc(OC[C@H](C)NC(=O)CN(c2ccc(F)cc2)S(=O)(=O)N(C)C)cc1. The van der Waals surface area contributed by atoms with Crippen molar-refractivity contribution >= 4 is 21.8 Å². The van der Waals surface area contributed by atoms with Crippen LogP contribution in [0, 0.1) is 5.82 Å². The molecule has 0 aromatic heterocycles. The van der Waals surface area contributed by atoms with Gasteiger partial charge in [-0.25, -0.2) is 8.70 Å². The maximum atomic E-state index is 13.2. The van der Waals surface area contributed by atoms with E-state index in [0.717, 1.165) is 20.7 Å². The zero-order valence-corrected chi connectivity index (χ0v) is 18.1. The largest absolute Gasteiger partial charge is 0.497 e. The molecule has 2 aromatic carbocycles. The van der Waals surface area contributed by atoms with Crippen LogP contribution in [0.25, 0.3) is 0 Å². The zero-order chi connectivity index (χ0) is 22.3. The number of benzene rings is 2. The minimum Gasteiger partial charge on any atom is -0.497 e. The second-order valence-electron chi connectivity index (χ2n) is 6.73. The fourth-order valence-electron chi connectivity index (χ4n) is 2.50. The molecule has 0 fully saturated rings. The van der Waals surface area contributed by atoms with Gasteiger partial charge in [0.15, 0.2) is 0 Å². The number of ether oxygens (including phenoxy) is 2. The van der Waals surface area contributed by atoms with Crippen LogP contribution in [0.1, 0.15) is 6.92 Å². The number of nitrogens with one attached hydrogen (secondary N) is 1. The Kier molecular flexibility index (Phi) is 8.01. The molecule has 2 aromatic rings. The number of anilines is 1. The summed E-state index contributed by atoms with van der Waals surface area (Å²) in [6.45, 7) is 1.47. The van der Waals surface area contributed by atoms with Crippen molar-refractivity contribution in [3.63, 3.8) is 0 Å². The minimum absolute atomic E-state index is 0.183. The fourth-order valence-corrected chi connectivity index (χ4v) is 3.56. The molecule has 1 atom stereocenters. The number of hydrogen-bond acceptors (Lipinski definition) is 5. The quantitative estimate of drug-likeness (QED) is 0.612. The van der Waals surface area contributed by atoms with Crippen molar-refractivity contribution in [3.05, 3.63) is 54.3 Å². The Labute approximate surface area is 176 Å². The third-order valence-corrected chi connectivity index (χ3v) is 5.93. The van der Waals surface area contributed by atoms with Crippen molar-refractivity contribution in [2.45, 2.75) is 13.0 Å². The third-order valence-electron chi connectivity index (χ3n) is 4.11. The van der Waals surface area contributed by atoms with Gasteiger partial charge in [-0.2, -0.15) is 12.7 Å². The van der Waals surface area contributed by atoms with Crippen molar-refractivity contribution in [1.82, 2.24) is 9.62 Å². The highest BCUT2D eigenvalue weighted by Gasteiger charge is 2.27. The molecule has 8 nitrogen and oxygen atoms in total. The van der Waals surface area contributed by atoms with Crippen LogP contribution in [0.2, 0.25) is 0 Å². The van der Waals surface area contributed by atoms with Gasteiger partial charge < -0.3 is 14.8 Å². The van der Waals surface area contributed by atoms with Crippen LogP contribution in [0.4, 0.5) is 10.1 Å². The van der Waals surface area contributed by atoms with E-state index in [1.54, 1.807) is 38.3 Å². The summed E-state index contributed by atoms with van der Waals surface area (Å²) in [4.78, 5) is 12.5. The molecule has 0 saturated heterocycles. The van der Waals surface area contributed by atoms with Crippen LogP contribution in [-0.2, 0) is 15.0 Å². The van der Waals surface area contributed by atoms with E-state index in [1.807, 2.05) is 0 Å². The van der Waals surface area contributed by atoms with Gasteiger partial charge >= 0.3 is 10.2 Å². The Balaban J connectivity index is 2.01. The highest BCUT2D eigenvalue weighted by atomic mass is 32.2. The molecule has 0 aliphatic carbocycles. The number of nitrogens with zero attached hydrogens (tertiary/aromatic N) is 2. The van der Waals surface area contributed by atoms with Crippen molar-refractivity contribution in [2.75, 3.05) is 38.7 Å².